The molecule has 124 valence electrons. The number of amides is 1. The van der Waals surface area contributed by atoms with Crippen LogP contribution < -0.4 is 0 Å². The Balaban J connectivity index is 1.94. The summed E-state index contributed by atoms with van der Waals surface area (Å²) in [7, 11) is 1.92. The van der Waals surface area contributed by atoms with Gasteiger partial charge in [-0.1, -0.05) is 6.92 Å². The van der Waals surface area contributed by atoms with Gasteiger partial charge in [-0.15, -0.1) is 0 Å². The highest BCUT2D eigenvalue weighted by molar-refractivity contribution is 5.92. The fraction of sp³-hybridized carbons (Fsp3) is 0.529. The molecule has 6 heteroatoms. The van der Waals surface area contributed by atoms with Crippen molar-refractivity contribution in [1.82, 2.24) is 14.7 Å². The first-order chi connectivity index (χ1) is 11.0. The molecule has 23 heavy (non-hydrogen) atoms. The van der Waals surface area contributed by atoms with Crippen molar-refractivity contribution < 1.29 is 13.9 Å². The topological polar surface area (TPSA) is 60.5 Å². The van der Waals surface area contributed by atoms with Crippen LogP contribution in [-0.2, 0) is 18.2 Å². The van der Waals surface area contributed by atoms with E-state index in [1.807, 2.05) is 43.5 Å². The number of carbonyl (C=O) groups excluding carboxylic acids is 1. The molecular weight excluding hydrogens is 294 g/mol. The van der Waals surface area contributed by atoms with Crippen LogP contribution in [0.5, 0.6) is 0 Å². The van der Waals surface area contributed by atoms with E-state index in [1.165, 1.54) is 0 Å². The second kappa shape index (κ2) is 6.20. The van der Waals surface area contributed by atoms with Crippen LogP contribution in [-0.4, -0.2) is 40.3 Å². The van der Waals surface area contributed by atoms with E-state index < -0.39 is 0 Å². The predicted molar refractivity (Wildman–Crippen MR) is 85.4 cm³/mol. The molecule has 6 nitrogen and oxygen atoms in total. The van der Waals surface area contributed by atoms with E-state index in [9.17, 15) is 4.79 Å². The minimum Gasteiger partial charge on any atom is -0.456 e. The summed E-state index contributed by atoms with van der Waals surface area (Å²) >= 11 is 0. The van der Waals surface area contributed by atoms with E-state index in [1.54, 1.807) is 6.07 Å². The van der Waals surface area contributed by atoms with Gasteiger partial charge in [-0.3, -0.25) is 9.48 Å². The SMILES string of the molecule is CCc1ccc(C(=O)N2CCOC[C@H]2c2c(C)nn(C)c2C)o1. The summed E-state index contributed by atoms with van der Waals surface area (Å²) in [6, 6.07) is 3.50. The van der Waals surface area contributed by atoms with E-state index in [-0.39, 0.29) is 11.9 Å². The lowest BCUT2D eigenvalue weighted by Gasteiger charge is -2.35. The number of aryl methyl sites for hydroxylation is 3. The predicted octanol–water partition coefficient (Wildman–Crippen LogP) is 2.41. The van der Waals surface area contributed by atoms with E-state index in [0.29, 0.717) is 25.5 Å². The summed E-state index contributed by atoms with van der Waals surface area (Å²) < 4.78 is 13.1. The maximum atomic E-state index is 12.9. The standard InChI is InChI=1S/C17H23N3O3/c1-5-13-6-7-15(23-13)17(21)20-8-9-22-10-14(20)16-11(2)18-19(4)12(16)3/h6-7,14H,5,8-10H2,1-4H3/t14-/m0/s1. The van der Waals surface area contributed by atoms with Crippen LogP contribution in [0.3, 0.4) is 0 Å². The summed E-state index contributed by atoms with van der Waals surface area (Å²) in [5.74, 6) is 1.14. The normalized spacial score (nSPS) is 18.4. The molecule has 1 amide bonds. The van der Waals surface area contributed by atoms with Gasteiger partial charge in [0.1, 0.15) is 5.76 Å². The largest absolute Gasteiger partial charge is 0.456 e. The molecule has 0 aromatic carbocycles. The molecule has 1 fully saturated rings. The van der Waals surface area contributed by atoms with Crippen molar-refractivity contribution in [1.29, 1.82) is 0 Å². The van der Waals surface area contributed by atoms with Crippen LogP contribution in [0.1, 0.15) is 46.2 Å². The number of rotatable bonds is 3. The molecule has 1 saturated heterocycles. The maximum Gasteiger partial charge on any atom is 0.290 e. The zero-order valence-electron chi connectivity index (χ0n) is 14.1. The lowest BCUT2D eigenvalue weighted by molar-refractivity contribution is -0.00467. The third kappa shape index (κ3) is 2.79. The van der Waals surface area contributed by atoms with Gasteiger partial charge in [0, 0.05) is 31.3 Å². The molecule has 0 unspecified atom stereocenters. The Bertz CT molecular complexity index is 717. The number of hydrogen-bond acceptors (Lipinski definition) is 4. The number of hydrogen-bond donors (Lipinski definition) is 0. The molecule has 2 aromatic heterocycles. The van der Waals surface area contributed by atoms with Crippen LogP contribution in [0.15, 0.2) is 16.5 Å². The number of aromatic nitrogens is 2. The summed E-state index contributed by atoms with van der Waals surface area (Å²) in [5.41, 5.74) is 3.07. The van der Waals surface area contributed by atoms with Gasteiger partial charge in [-0.05, 0) is 26.0 Å². The molecule has 0 aliphatic carbocycles. The van der Waals surface area contributed by atoms with Crippen molar-refractivity contribution in [3.63, 3.8) is 0 Å². The maximum absolute atomic E-state index is 12.9. The van der Waals surface area contributed by atoms with Gasteiger partial charge in [0.25, 0.3) is 5.91 Å². The number of carbonyl (C=O) groups is 1. The Hall–Kier alpha value is -2.08. The van der Waals surface area contributed by atoms with Crippen LogP contribution in [0.25, 0.3) is 0 Å². The Labute approximate surface area is 136 Å². The summed E-state index contributed by atoms with van der Waals surface area (Å²) in [4.78, 5) is 14.7. The Kier molecular flexibility index (Phi) is 4.26. The van der Waals surface area contributed by atoms with Crippen molar-refractivity contribution in [2.75, 3.05) is 19.8 Å². The molecule has 1 atom stereocenters. The fourth-order valence-corrected chi connectivity index (χ4v) is 3.18. The lowest BCUT2D eigenvalue weighted by atomic mass is 10.0. The molecule has 1 aliphatic rings. The van der Waals surface area contributed by atoms with Crippen molar-refractivity contribution >= 4 is 5.91 Å². The summed E-state index contributed by atoms with van der Waals surface area (Å²) in [5, 5.41) is 4.47. The highest BCUT2D eigenvalue weighted by Gasteiger charge is 2.34. The monoisotopic (exact) mass is 317 g/mol. The molecule has 0 N–H and O–H groups in total. The first kappa shape index (κ1) is 15.8. The smallest absolute Gasteiger partial charge is 0.290 e. The molecular formula is C17H23N3O3. The highest BCUT2D eigenvalue weighted by atomic mass is 16.5. The average Bonchev–Trinajstić information content (AvgIpc) is 3.12. The second-order valence-corrected chi connectivity index (χ2v) is 5.92. The van der Waals surface area contributed by atoms with E-state index >= 15 is 0 Å². The minimum atomic E-state index is -0.125. The molecule has 0 saturated carbocycles. The average molecular weight is 317 g/mol. The summed E-state index contributed by atoms with van der Waals surface area (Å²) in [6.07, 6.45) is 0.778. The van der Waals surface area contributed by atoms with Crippen LogP contribution in [0.4, 0.5) is 0 Å². The molecule has 1 aliphatic heterocycles. The first-order valence-electron chi connectivity index (χ1n) is 8.00. The summed E-state index contributed by atoms with van der Waals surface area (Å²) in [6.45, 7) is 7.59. The molecule has 0 radical (unpaired) electrons. The van der Waals surface area contributed by atoms with E-state index in [2.05, 4.69) is 5.10 Å². The van der Waals surface area contributed by atoms with Gasteiger partial charge in [0.15, 0.2) is 5.76 Å². The van der Waals surface area contributed by atoms with Gasteiger partial charge in [-0.2, -0.15) is 5.10 Å². The molecule has 0 bridgehead atoms. The molecule has 3 heterocycles. The third-order valence-corrected chi connectivity index (χ3v) is 4.51. The molecule has 2 aromatic rings. The highest BCUT2D eigenvalue weighted by Crippen LogP contribution is 2.30. The number of morpholine rings is 1. The van der Waals surface area contributed by atoms with Crippen molar-refractivity contribution in [2.45, 2.75) is 33.2 Å². The quantitative estimate of drug-likeness (QED) is 0.872. The Morgan fingerprint density at radius 3 is 2.78 bits per heavy atom. The van der Waals surface area contributed by atoms with Gasteiger partial charge in [0.05, 0.1) is 24.9 Å². The lowest BCUT2D eigenvalue weighted by Crippen LogP contribution is -2.43. The van der Waals surface area contributed by atoms with Crippen LogP contribution in [0, 0.1) is 13.8 Å². The Morgan fingerprint density at radius 1 is 1.39 bits per heavy atom. The van der Waals surface area contributed by atoms with Gasteiger partial charge >= 0.3 is 0 Å². The van der Waals surface area contributed by atoms with Gasteiger partial charge in [0.2, 0.25) is 0 Å². The number of nitrogens with zero attached hydrogens (tertiary/aromatic N) is 3. The van der Waals surface area contributed by atoms with E-state index in [0.717, 1.165) is 29.1 Å². The zero-order chi connectivity index (χ0) is 16.6. The third-order valence-electron chi connectivity index (χ3n) is 4.51. The number of furan rings is 1. The van der Waals surface area contributed by atoms with E-state index in [4.69, 9.17) is 9.15 Å². The van der Waals surface area contributed by atoms with Gasteiger partial charge < -0.3 is 14.1 Å². The first-order valence-corrected chi connectivity index (χ1v) is 8.00. The molecule has 3 rings (SSSR count). The van der Waals surface area contributed by atoms with Crippen LogP contribution >= 0.6 is 0 Å². The van der Waals surface area contributed by atoms with Gasteiger partial charge in [-0.25, -0.2) is 0 Å². The van der Waals surface area contributed by atoms with Crippen molar-refractivity contribution in [3.8, 4) is 0 Å². The zero-order valence-corrected chi connectivity index (χ0v) is 14.1. The second-order valence-electron chi connectivity index (χ2n) is 5.92. The van der Waals surface area contributed by atoms with Crippen LogP contribution in [0.2, 0.25) is 0 Å². The number of ether oxygens (including phenoxy) is 1. The fourth-order valence-electron chi connectivity index (χ4n) is 3.18. The van der Waals surface area contributed by atoms with Crippen molar-refractivity contribution in [2.24, 2.45) is 7.05 Å². The Morgan fingerprint density at radius 2 is 2.17 bits per heavy atom. The molecule has 0 spiro atoms. The minimum absolute atomic E-state index is 0.0827. The van der Waals surface area contributed by atoms with Crippen molar-refractivity contribution in [3.05, 3.63) is 40.6 Å².